The Labute approximate surface area is 189 Å². The normalized spacial score (nSPS) is 15.9. The lowest BCUT2D eigenvalue weighted by Crippen LogP contribution is -2.51. The molecular weight excluding hydrogens is 430 g/mol. The molecule has 0 spiro atoms. The van der Waals surface area contributed by atoms with Crippen LogP contribution in [-0.4, -0.2) is 68.9 Å². The van der Waals surface area contributed by atoms with Crippen molar-refractivity contribution < 1.29 is 22.7 Å². The zero-order valence-electron chi connectivity index (χ0n) is 18.4. The minimum Gasteiger partial charge on any atom is -0.449 e. The smallest absolute Gasteiger partial charge is 0.338 e. The van der Waals surface area contributed by atoms with E-state index >= 15 is 0 Å². The van der Waals surface area contributed by atoms with Crippen molar-refractivity contribution in [2.45, 2.75) is 31.4 Å². The van der Waals surface area contributed by atoms with Crippen molar-refractivity contribution in [3.8, 4) is 0 Å². The highest BCUT2D eigenvalue weighted by Crippen LogP contribution is 2.15. The van der Waals surface area contributed by atoms with Gasteiger partial charge >= 0.3 is 5.97 Å². The first-order valence-corrected chi connectivity index (χ1v) is 12.1. The number of benzene rings is 2. The van der Waals surface area contributed by atoms with Crippen LogP contribution in [0.4, 0.5) is 0 Å². The molecule has 1 saturated heterocycles. The molecule has 1 fully saturated rings. The number of carbonyl (C=O) groups excluding carboxylic acids is 2. The predicted molar refractivity (Wildman–Crippen MR) is 120 cm³/mol. The highest BCUT2D eigenvalue weighted by molar-refractivity contribution is 7.89. The second-order valence-corrected chi connectivity index (χ2v) is 9.43. The fraction of sp³-hybridized carbons (Fsp3) is 0.391. The van der Waals surface area contributed by atoms with Crippen LogP contribution in [-0.2, 0) is 26.1 Å². The minimum absolute atomic E-state index is 0.0256. The summed E-state index contributed by atoms with van der Waals surface area (Å²) in [4.78, 5) is 29.2. The number of nitrogens with zero attached hydrogens (tertiary/aromatic N) is 2. The quantitative estimate of drug-likeness (QED) is 0.606. The SMILES string of the molecule is CCNS(=O)(=O)c1cccc(C(=O)OC(C)C(=O)N2CCN(Cc3ccccc3)CC2)c1. The molecular formula is C23H29N3O5S. The van der Waals surface area contributed by atoms with Gasteiger partial charge in [-0.1, -0.05) is 43.3 Å². The number of sulfonamides is 1. The van der Waals surface area contributed by atoms with Crippen LogP contribution >= 0.6 is 0 Å². The Hall–Kier alpha value is -2.75. The van der Waals surface area contributed by atoms with Gasteiger partial charge in [0.05, 0.1) is 10.5 Å². The molecule has 172 valence electrons. The van der Waals surface area contributed by atoms with Crippen LogP contribution in [0.2, 0.25) is 0 Å². The van der Waals surface area contributed by atoms with Crippen molar-refractivity contribution >= 4 is 21.9 Å². The number of esters is 1. The molecule has 8 nitrogen and oxygen atoms in total. The number of carbonyl (C=O) groups is 2. The first kappa shape index (κ1) is 23.9. The Kier molecular flexibility index (Phi) is 8.00. The number of rotatable bonds is 8. The summed E-state index contributed by atoms with van der Waals surface area (Å²) in [5.41, 5.74) is 1.31. The summed E-state index contributed by atoms with van der Waals surface area (Å²) in [6, 6.07) is 15.8. The fourth-order valence-corrected chi connectivity index (χ4v) is 4.65. The second kappa shape index (κ2) is 10.7. The number of hydrogen-bond acceptors (Lipinski definition) is 6. The standard InChI is InChI=1S/C23H29N3O5S/c1-3-24-32(29,30)21-11-7-10-20(16-21)23(28)31-18(2)22(27)26-14-12-25(13-15-26)17-19-8-5-4-6-9-19/h4-11,16,18,24H,3,12-15,17H2,1-2H3. The molecule has 0 bridgehead atoms. The van der Waals surface area contributed by atoms with Crippen LogP contribution < -0.4 is 4.72 Å². The van der Waals surface area contributed by atoms with E-state index in [9.17, 15) is 18.0 Å². The molecule has 9 heteroatoms. The average molecular weight is 460 g/mol. The maximum Gasteiger partial charge on any atom is 0.338 e. The number of piperazine rings is 1. The van der Waals surface area contributed by atoms with Gasteiger partial charge in [0.25, 0.3) is 5.91 Å². The first-order valence-electron chi connectivity index (χ1n) is 10.7. The Morgan fingerprint density at radius 1 is 1.03 bits per heavy atom. The Bertz CT molecular complexity index is 1030. The van der Waals surface area contributed by atoms with Crippen LogP contribution in [0, 0.1) is 0 Å². The van der Waals surface area contributed by atoms with Crippen LogP contribution in [0.25, 0.3) is 0 Å². The van der Waals surface area contributed by atoms with Gasteiger partial charge in [-0.15, -0.1) is 0 Å². The Balaban J connectivity index is 1.54. The molecule has 1 unspecified atom stereocenters. The number of amides is 1. The molecule has 0 aromatic heterocycles. The molecule has 1 N–H and O–H groups in total. The van der Waals surface area contributed by atoms with E-state index in [1.165, 1.54) is 36.8 Å². The molecule has 0 radical (unpaired) electrons. The van der Waals surface area contributed by atoms with Gasteiger partial charge in [0, 0.05) is 39.3 Å². The number of ether oxygens (including phenoxy) is 1. The average Bonchev–Trinajstić information content (AvgIpc) is 2.80. The van der Waals surface area contributed by atoms with Crippen LogP contribution in [0.3, 0.4) is 0 Å². The molecule has 3 rings (SSSR count). The van der Waals surface area contributed by atoms with Crippen molar-refractivity contribution in [1.29, 1.82) is 0 Å². The maximum atomic E-state index is 12.8. The molecule has 32 heavy (non-hydrogen) atoms. The lowest BCUT2D eigenvalue weighted by atomic mass is 10.2. The van der Waals surface area contributed by atoms with Gasteiger partial charge in [0.15, 0.2) is 6.10 Å². The summed E-state index contributed by atoms with van der Waals surface area (Å²) in [6.45, 7) is 6.88. The minimum atomic E-state index is -3.69. The molecule has 1 aliphatic heterocycles. The lowest BCUT2D eigenvalue weighted by molar-refractivity contribution is -0.141. The van der Waals surface area contributed by atoms with Gasteiger partial charge in [-0.2, -0.15) is 0 Å². The van der Waals surface area contributed by atoms with Crippen molar-refractivity contribution in [3.05, 3.63) is 65.7 Å². The second-order valence-electron chi connectivity index (χ2n) is 7.66. The van der Waals surface area contributed by atoms with Gasteiger partial charge in [-0.3, -0.25) is 9.69 Å². The summed E-state index contributed by atoms with van der Waals surface area (Å²) in [5, 5.41) is 0. The van der Waals surface area contributed by atoms with E-state index in [0.717, 1.165) is 19.6 Å². The predicted octanol–water partition coefficient (Wildman–Crippen LogP) is 1.87. The fourth-order valence-electron chi connectivity index (χ4n) is 3.57. The van der Waals surface area contributed by atoms with E-state index in [1.54, 1.807) is 11.8 Å². The summed E-state index contributed by atoms with van der Waals surface area (Å²) in [6.07, 6.45) is -0.961. The van der Waals surface area contributed by atoms with Crippen LogP contribution in [0.15, 0.2) is 59.5 Å². The van der Waals surface area contributed by atoms with Crippen LogP contribution in [0.1, 0.15) is 29.8 Å². The van der Waals surface area contributed by atoms with E-state index in [1.807, 2.05) is 18.2 Å². The highest BCUT2D eigenvalue weighted by Gasteiger charge is 2.28. The van der Waals surface area contributed by atoms with Crippen molar-refractivity contribution in [2.75, 3.05) is 32.7 Å². The summed E-state index contributed by atoms with van der Waals surface area (Å²) < 4.78 is 32.0. The van der Waals surface area contributed by atoms with E-state index in [0.29, 0.717) is 13.1 Å². The zero-order chi connectivity index (χ0) is 23.1. The molecule has 1 amide bonds. The maximum absolute atomic E-state index is 12.8. The molecule has 1 heterocycles. The van der Waals surface area contributed by atoms with Crippen molar-refractivity contribution in [2.24, 2.45) is 0 Å². The van der Waals surface area contributed by atoms with Gasteiger partial charge in [0.1, 0.15) is 0 Å². The zero-order valence-corrected chi connectivity index (χ0v) is 19.2. The first-order chi connectivity index (χ1) is 15.3. The molecule has 0 aliphatic carbocycles. The molecule has 1 atom stereocenters. The van der Waals surface area contributed by atoms with E-state index in [2.05, 4.69) is 21.8 Å². The molecule has 1 aliphatic rings. The Morgan fingerprint density at radius 2 is 1.72 bits per heavy atom. The summed E-state index contributed by atoms with van der Waals surface area (Å²) in [5.74, 6) is -0.990. The lowest BCUT2D eigenvalue weighted by Gasteiger charge is -2.35. The van der Waals surface area contributed by atoms with Crippen LogP contribution in [0.5, 0.6) is 0 Å². The highest BCUT2D eigenvalue weighted by atomic mass is 32.2. The largest absolute Gasteiger partial charge is 0.449 e. The third kappa shape index (κ3) is 6.15. The van der Waals surface area contributed by atoms with Crippen molar-refractivity contribution in [3.63, 3.8) is 0 Å². The topological polar surface area (TPSA) is 96.0 Å². The van der Waals surface area contributed by atoms with E-state index in [4.69, 9.17) is 4.74 Å². The number of nitrogens with one attached hydrogen (secondary N) is 1. The van der Waals surface area contributed by atoms with E-state index in [-0.39, 0.29) is 22.9 Å². The van der Waals surface area contributed by atoms with Gasteiger partial charge < -0.3 is 9.64 Å². The molecule has 2 aromatic carbocycles. The summed E-state index contributed by atoms with van der Waals surface area (Å²) in [7, 11) is -3.69. The van der Waals surface area contributed by atoms with Gasteiger partial charge in [-0.25, -0.2) is 17.9 Å². The third-order valence-electron chi connectivity index (χ3n) is 5.28. The number of hydrogen-bond donors (Lipinski definition) is 1. The molecule has 0 saturated carbocycles. The Morgan fingerprint density at radius 3 is 2.38 bits per heavy atom. The van der Waals surface area contributed by atoms with E-state index < -0.39 is 22.1 Å². The molecule has 2 aromatic rings. The van der Waals surface area contributed by atoms with Crippen molar-refractivity contribution in [1.82, 2.24) is 14.5 Å². The van der Waals surface area contributed by atoms with Gasteiger partial charge in [-0.05, 0) is 30.7 Å². The third-order valence-corrected chi connectivity index (χ3v) is 6.82. The van der Waals surface area contributed by atoms with Gasteiger partial charge in [0.2, 0.25) is 10.0 Å². The monoisotopic (exact) mass is 459 g/mol. The summed E-state index contributed by atoms with van der Waals surface area (Å²) >= 11 is 0.